The van der Waals surface area contributed by atoms with Crippen molar-refractivity contribution < 1.29 is 0 Å². The molecule has 0 saturated carbocycles. The molecule has 4 heteroatoms. The van der Waals surface area contributed by atoms with Gasteiger partial charge in [-0.3, -0.25) is 4.98 Å². The van der Waals surface area contributed by atoms with E-state index >= 15 is 0 Å². The Labute approximate surface area is 105 Å². The first-order valence-corrected chi connectivity index (χ1v) is 6.12. The highest BCUT2D eigenvalue weighted by atomic mass is 32.2. The molecule has 0 fully saturated rings. The molecule has 0 radical (unpaired) electrons. The van der Waals surface area contributed by atoms with Crippen LogP contribution in [0, 0.1) is 11.3 Å². The average molecular weight is 241 g/mol. The van der Waals surface area contributed by atoms with Crippen molar-refractivity contribution in [3.05, 3.63) is 54.5 Å². The molecule has 2 rings (SSSR count). The van der Waals surface area contributed by atoms with Gasteiger partial charge in [0.1, 0.15) is 5.03 Å². The Hall–Kier alpha value is -1.86. The number of rotatable bonds is 4. The molecule has 17 heavy (non-hydrogen) atoms. The lowest BCUT2D eigenvalue weighted by Gasteiger charge is -2.12. The van der Waals surface area contributed by atoms with Crippen molar-refractivity contribution >= 4 is 11.8 Å². The van der Waals surface area contributed by atoms with Crippen molar-refractivity contribution in [3.63, 3.8) is 0 Å². The molecule has 0 saturated heterocycles. The number of nitriles is 1. The van der Waals surface area contributed by atoms with Crippen molar-refractivity contribution in [1.82, 2.24) is 9.97 Å². The third-order valence-corrected chi connectivity index (χ3v) is 3.43. The summed E-state index contributed by atoms with van der Waals surface area (Å²) in [4.78, 5) is 8.24. The van der Waals surface area contributed by atoms with Gasteiger partial charge in [0.15, 0.2) is 0 Å². The van der Waals surface area contributed by atoms with E-state index in [0.717, 1.165) is 10.6 Å². The third kappa shape index (κ3) is 3.30. The zero-order chi connectivity index (χ0) is 11.9. The maximum Gasteiger partial charge on any atom is 0.115 e. The fraction of sp³-hybridized carbons (Fsp3) is 0.154. The molecule has 1 atom stereocenters. The van der Waals surface area contributed by atoms with Crippen LogP contribution >= 0.6 is 11.8 Å². The number of benzene rings is 1. The van der Waals surface area contributed by atoms with Crippen molar-refractivity contribution in [2.75, 3.05) is 0 Å². The SMILES string of the molecule is N#CCC(Sc1cnccn1)c1ccccc1. The van der Waals surface area contributed by atoms with Gasteiger partial charge in [-0.1, -0.05) is 42.1 Å². The van der Waals surface area contributed by atoms with Crippen molar-refractivity contribution in [1.29, 1.82) is 5.26 Å². The smallest absolute Gasteiger partial charge is 0.115 e. The van der Waals surface area contributed by atoms with Crippen LogP contribution in [0.5, 0.6) is 0 Å². The Bertz CT molecular complexity index is 493. The average Bonchev–Trinajstić information content (AvgIpc) is 2.40. The Morgan fingerprint density at radius 1 is 1.24 bits per heavy atom. The predicted molar refractivity (Wildman–Crippen MR) is 67.3 cm³/mol. The monoisotopic (exact) mass is 241 g/mol. The molecule has 1 aromatic carbocycles. The highest BCUT2D eigenvalue weighted by molar-refractivity contribution is 7.99. The van der Waals surface area contributed by atoms with E-state index in [-0.39, 0.29) is 5.25 Å². The fourth-order valence-corrected chi connectivity index (χ4v) is 2.46. The summed E-state index contributed by atoms with van der Waals surface area (Å²) in [5, 5.41) is 9.83. The molecule has 0 aliphatic heterocycles. The lowest BCUT2D eigenvalue weighted by atomic mass is 10.1. The summed E-state index contributed by atoms with van der Waals surface area (Å²) in [6, 6.07) is 12.2. The molecule has 84 valence electrons. The summed E-state index contributed by atoms with van der Waals surface area (Å²) in [5.74, 6) is 0. The van der Waals surface area contributed by atoms with Gasteiger partial charge in [-0.25, -0.2) is 4.98 Å². The van der Waals surface area contributed by atoms with Gasteiger partial charge < -0.3 is 0 Å². The lowest BCUT2D eigenvalue weighted by molar-refractivity contribution is 0.961. The zero-order valence-electron chi connectivity index (χ0n) is 9.15. The topological polar surface area (TPSA) is 49.6 Å². The highest BCUT2D eigenvalue weighted by Gasteiger charge is 2.13. The summed E-state index contributed by atoms with van der Waals surface area (Å²) in [6.07, 6.45) is 5.49. The van der Waals surface area contributed by atoms with Crippen LogP contribution in [0.2, 0.25) is 0 Å². The van der Waals surface area contributed by atoms with Crippen molar-refractivity contribution in [2.24, 2.45) is 0 Å². The maximum absolute atomic E-state index is 8.88. The first-order chi connectivity index (χ1) is 8.40. The zero-order valence-corrected chi connectivity index (χ0v) is 9.97. The first kappa shape index (κ1) is 11.6. The van der Waals surface area contributed by atoms with Crippen LogP contribution < -0.4 is 0 Å². The number of thioether (sulfide) groups is 1. The Morgan fingerprint density at radius 2 is 2.06 bits per heavy atom. The van der Waals surface area contributed by atoms with Gasteiger partial charge in [0.05, 0.1) is 18.7 Å². The molecule has 0 spiro atoms. The quantitative estimate of drug-likeness (QED) is 0.771. The number of nitrogens with zero attached hydrogens (tertiary/aromatic N) is 3. The Balaban J connectivity index is 2.17. The van der Waals surface area contributed by atoms with Crippen LogP contribution in [-0.2, 0) is 0 Å². The lowest BCUT2D eigenvalue weighted by Crippen LogP contribution is -1.94. The van der Waals surface area contributed by atoms with Gasteiger partial charge in [0.25, 0.3) is 0 Å². The van der Waals surface area contributed by atoms with Crippen LogP contribution in [0.4, 0.5) is 0 Å². The van der Waals surface area contributed by atoms with Crippen molar-refractivity contribution in [2.45, 2.75) is 16.7 Å². The van der Waals surface area contributed by atoms with E-state index in [0.29, 0.717) is 6.42 Å². The minimum absolute atomic E-state index is 0.109. The molecule has 1 heterocycles. The molecule has 0 N–H and O–H groups in total. The second-order valence-corrected chi connectivity index (χ2v) is 4.65. The van der Waals surface area contributed by atoms with E-state index in [4.69, 9.17) is 5.26 Å². The molecule has 3 nitrogen and oxygen atoms in total. The molecule has 2 aromatic rings. The van der Waals surface area contributed by atoms with Gasteiger partial charge >= 0.3 is 0 Å². The maximum atomic E-state index is 8.88. The number of hydrogen-bond donors (Lipinski definition) is 0. The summed E-state index contributed by atoms with van der Waals surface area (Å²) in [5.41, 5.74) is 1.14. The van der Waals surface area contributed by atoms with Gasteiger partial charge in [-0.15, -0.1) is 0 Å². The first-order valence-electron chi connectivity index (χ1n) is 5.24. The predicted octanol–water partition coefficient (Wildman–Crippen LogP) is 3.22. The highest BCUT2D eigenvalue weighted by Crippen LogP contribution is 2.35. The van der Waals surface area contributed by atoms with Crippen molar-refractivity contribution in [3.8, 4) is 6.07 Å². The van der Waals surface area contributed by atoms with E-state index in [2.05, 4.69) is 16.0 Å². The Morgan fingerprint density at radius 3 is 2.71 bits per heavy atom. The number of aromatic nitrogens is 2. The van der Waals surface area contributed by atoms with E-state index in [1.165, 1.54) is 0 Å². The van der Waals surface area contributed by atoms with E-state index in [9.17, 15) is 0 Å². The van der Waals surface area contributed by atoms with Crippen LogP contribution in [0.15, 0.2) is 53.9 Å². The van der Waals surface area contributed by atoms with E-state index in [1.54, 1.807) is 30.4 Å². The van der Waals surface area contributed by atoms with E-state index < -0.39 is 0 Å². The van der Waals surface area contributed by atoms with Crippen LogP contribution in [0.3, 0.4) is 0 Å². The molecule has 1 aromatic heterocycles. The summed E-state index contributed by atoms with van der Waals surface area (Å²) >= 11 is 1.57. The summed E-state index contributed by atoms with van der Waals surface area (Å²) in [6.45, 7) is 0. The van der Waals surface area contributed by atoms with E-state index in [1.807, 2.05) is 30.3 Å². The standard InChI is InChI=1S/C13H11N3S/c14-7-6-12(11-4-2-1-3-5-11)17-13-10-15-8-9-16-13/h1-5,8-10,12H,6H2. The summed E-state index contributed by atoms with van der Waals surface area (Å²) < 4.78 is 0. The third-order valence-electron chi connectivity index (χ3n) is 2.25. The molecule has 0 bridgehead atoms. The normalized spacial score (nSPS) is 11.7. The second-order valence-electron chi connectivity index (χ2n) is 3.42. The fourth-order valence-electron chi connectivity index (χ4n) is 1.47. The largest absolute Gasteiger partial charge is 0.260 e. The van der Waals surface area contributed by atoms with Crippen LogP contribution in [-0.4, -0.2) is 9.97 Å². The summed E-state index contributed by atoms with van der Waals surface area (Å²) in [7, 11) is 0. The molecular weight excluding hydrogens is 230 g/mol. The second kappa shape index (κ2) is 6.02. The minimum Gasteiger partial charge on any atom is -0.260 e. The van der Waals surface area contributed by atoms with Gasteiger partial charge in [-0.05, 0) is 5.56 Å². The molecule has 0 aliphatic rings. The van der Waals surface area contributed by atoms with Gasteiger partial charge in [-0.2, -0.15) is 5.26 Å². The molecule has 0 aliphatic carbocycles. The molecule has 0 amide bonds. The molecular formula is C13H11N3S. The molecule has 1 unspecified atom stereocenters. The Kier molecular flexibility index (Phi) is 4.11. The van der Waals surface area contributed by atoms with Crippen LogP contribution in [0.25, 0.3) is 0 Å². The van der Waals surface area contributed by atoms with Gasteiger partial charge in [0, 0.05) is 17.6 Å². The van der Waals surface area contributed by atoms with Gasteiger partial charge in [0.2, 0.25) is 0 Å². The van der Waals surface area contributed by atoms with Crippen LogP contribution in [0.1, 0.15) is 17.2 Å². The minimum atomic E-state index is 0.109. The number of hydrogen-bond acceptors (Lipinski definition) is 4.